The van der Waals surface area contributed by atoms with Crippen molar-refractivity contribution in [1.82, 2.24) is 0 Å². The molecular weight excluding hydrogens is 422 g/mol. The number of nitrogens with two attached hydrogens (primary N) is 1. The zero-order valence-electron chi connectivity index (χ0n) is 18.7. The van der Waals surface area contributed by atoms with Gasteiger partial charge in [-0.15, -0.1) is 0 Å². The van der Waals surface area contributed by atoms with Gasteiger partial charge in [-0.3, -0.25) is 0 Å². The number of ether oxygens (including phenoxy) is 4. The average molecular weight is 450 g/mol. The Bertz CT molecular complexity index is 1170. The van der Waals surface area contributed by atoms with E-state index in [2.05, 4.69) is 0 Å². The summed E-state index contributed by atoms with van der Waals surface area (Å²) < 4.78 is 23.1. The molecule has 7 heteroatoms. The van der Waals surface area contributed by atoms with Crippen LogP contribution in [0.25, 0.3) is 0 Å². The molecule has 1 fully saturated rings. The minimum absolute atomic E-state index is 0.349. The number of fused-ring (bicyclic) bond motifs is 3. The molecule has 7 nitrogen and oxygen atoms in total. The average Bonchev–Trinajstić information content (AvgIpc) is 3.21. The third-order valence-corrected chi connectivity index (χ3v) is 7.01. The molecule has 0 bridgehead atoms. The Morgan fingerprint density at radius 3 is 2.15 bits per heavy atom. The lowest BCUT2D eigenvalue weighted by Crippen LogP contribution is -2.52. The van der Waals surface area contributed by atoms with Crippen LogP contribution in [0, 0.1) is 0 Å². The monoisotopic (exact) mass is 449 g/mol. The zero-order chi connectivity index (χ0) is 23.4. The fourth-order valence-electron chi connectivity index (χ4n) is 5.55. The molecule has 1 heterocycles. The second-order valence-corrected chi connectivity index (χ2v) is 8.45. The van der Waals surface area contributed by atoms with Crippen molar-refractivity contribution in [3.8, 4) is 23.0 Å². The molecule has 0 saturated heterocycles. The molecule has 0 amide bonds. The van der Waals surface area contributed by atoms with Crippen molar-refractivity contribution in [2.24, 2.45) is 5.73 Å². The molecule has 5 rings (SSSR count). The van der Waals surface area contributed by atoms with Gasteiger partial charge in [-0.2, -0.15) is 0 Å². The van der Waals surface area contributed by atoms with Crippen LogP contribution in [-0.4, -0.2) is 43.7 Å². The minimum atomic E-state index is -1.89. The SMILES string of the molecule is COc1ccc([C@@]23Oc4cc(OC)cc(OC)c4C2(O)[C@H](O)[C@H](N)C3c2ccccc2)cc1. The van der Waals surface area contributed by atoms with Crippen molar-refractivity contribution < 1.29 is 29.2 Å². The molecule has 2 unspecified atom stereocenters. The third kappa shape index (κ3) is 2.73. The molecule has 0 spiro atoms. The summed E-state index contributed by atoms with van der Waals surface area (Å²) in [5.41, 5.74) is 5.16. The number of aliphatic hydroxyl groups excluding tert-OH is 1. The van der Waals surface area contributed by atoms with Crippen LogP contribution in [0.2, 0.25) is 0 Å². The lowest BCUT2D eigenvalue weighted by molar-refractivity contribution is -0.150. The summed E-state index contributed by atoms with van der Waals surface area (Å²) >= 11 is 0. The van der Waals surface area contributed by atoms with Gasteiger partial charge in [0.25, 0.3) is 0 Å². The van der Waals surface area contributed by atoms with Crippen molar-refractivity contribution in [3.05, 3.63) is 83.4 Å². The Kier molecular flexibility index (Phi) is 5.01. The van der Waals surface area contributed by atoms with Gasteiger partial charge >= 0.3 is 0 Å². The van der Waals surface area contributed by atoms with E-state index in [-0.39, 0.29) is 0 Å². The van der Waals surface area contributed by atoms with Crippen LogP contribution in [0.5, 0.6) is 23.0 Å². The molecule has 1 saturated carbocycles. The highest BCUT2D eigenvalue weighted by Gasteiger charge is 2.76. The number of hydrogen-bond donors (Lipinski definition) is 3. The third-order valence-electron chi connectivity index (χ3n) is 7.01. The number of methoxy groups -OCH3 is 3. The van der Waals surface area contributed by atoms with Crippen molar-refractivity contribution in [1.29, 1.82) is 0 Å². The van der Waals surface area contributed by atoms with Crippen molar-refractivity contribution in [2.75, 3.05) is 21.3 Å². The standard InChI is InChI=1S/C26H27NO6/c1-30-17-11-9-16(10-12-17)26-21(15-7-5-4-6-8-15)23(27)24(28)25(26,29)22-19(32-3)13-18(31-2)14-20(22)33-26/h4-14,21,23-24,28-29H,27H2,1-3H3/t21?,23-,24-,25?,26+/m1/s1. The second kappa shape index (κ2) is 7.66. The molecule has 3 aromatic carbocycles. The molecule has 33 heavy (non-hydrogen) atoms. The van der Waals surface area contributed by atoms with Gasteiger partial charge in [0, 0.05) is 24.1 Å². The summed E-state index contributed by atoms with van der Waals surface area (Å²) in [6.07, 6.45) is -1.34. The van der Waals surface area contributed by atoms with E-state index < -0.39 is 29.3 Å². The number of rotatable bonds is 5. The van der Waals surface area contributed by atoms with E-state index in [1.807, 2.05) is 42.5 Å². The van der Waals surface area contributed by atoms with E-state index in [1.54, 1.807) is 38.5 Å². The Hall–Kier alpha value is -3.26. The first-order valence-corrected chi connectivity index (χ1v) is 10.7. The smallest absolute Gasteiger partial charge is 0.178 e. The van der Waals surface area contributed by atoms with E-state index in [0.29, 0.717) is 34.1 Å². The summed E-state index contributed by atoms with van der Waals surface area (Å²) in [5, 5.41) is 24.0. The van der Waals surface area contributed by atoms with Gasteiger partial charge < -0.3 is 34.9 Å². The summed E-state index contributed by atoms with van der Waals surface area (Å²) in [6.45, 7) is 0. The molecule has 3 aromatic rings. The number of aliphatic hydroxyl groups is 2. The Morgan fingerprint density at radius 1 is 0.879 bits per heavy atom. The Balaban J connectivity index is 1.84. The molecule has 1 aliphatic carbocycles. The zero-order valence-corrected chi connectivity index (χ0v) is 18.7. The van der Waals surface area contributed by atoms with E-state index >= 15 is 0 Å². The summed E-state index contributed by atoms with van der Waals surface area (Å²) in [6, 6.07) is 19.4. The molecule has 1 aliphatic heterocycles. The quantitative estimate of drug-likeness (QED) is 0.550. The first kappa shape index (κ1) is 21.6. The number of benzene rings is 3. The fraction of sp³-hybridized carbons (Fsp3) is 0.308. The highest BCUT2D eigenvalue weighted by atomic mass is 16.5. The van der Waals surface area contributed by atoms with Crippen LogP contribution in [0.3, 0.4) is 0 Å². The van der Waals surface area contributed by atoms with Crippen molar-refractivity contribution in [2.45, 2.75) is 29.3 Å². The lowest BCUT2D eigenvalue weighted by atomic mass is 9.71. The van der Waals surface area contributed by atoms with Crippen LogP contribution in [0.1, 0.15) is 22.6 Å². The Morgan fingerprint density at radius 2 is 1.55 bits per heavy atom. The van der Waals surface area contributed by atoms with Crippen molar-refractivity contribution >= 4 is 0 Å². The molecule has 172 valence electrons. The van der Waals surface area contributed by atoms with E-state index in [9.17, 15) is 10.2 Å². The van der Waals surface area contributed by atoms with Gasteiger partial charge in [0.2, 0.25) is 0 Å². The normalized spacial score (nSPS) is 29.7. The molecule has 5 atom stereocenters. The van der Waals surface area contributed by atoms with Crippen LogP contribution in [0.4, 0.5) is 0 Å². The second-order valence-electron chi connectivity index (χ2n) is 8.45. The van der Waals surface area contributed by atoms with Crippen LogP contribution >= 0.6 is 0 Å². The first-order chi connectivity index (χ1) is 15.9. The molecule has 0 radical (unpaired) electrons. The molecular formula is C26H27NO6. The summed E-state index contributed by atoms with van der Waals surface area (Å²) in [5.74, 6) is 1.32. The first-order valence-electron chi connectivity index (χ1n) is 10.7. The highest BCUT2D eigenvalue weighted by molar-refractivity contribution is 5.63. The summed E-state index contributed by atoms with van der Waals surface area (Å²) in [4.78, 5) is 0. The predicted molar refractivity (Wildman–Crippen MR) is 122 cm³/mol. The van der Waals surface area contributed by atoms with E-state index in [1.165, 1.54) is 7.11 Å². The Labute approximate surface area is 192 Å². The van der Waals surface area contributed by atoms with Crippen molar-refractivity contribution in [3.63, 3.8) is 0 Å². The van der Waals surface area contributed by atoms with Gasteiger partial charge in [-0.25, -0.2) is 0 Å². The molecule has 0 aromatic heterocycles. The van der Waals surface area contributed by atoms with Gasteiger partial charge in [0.15, 0.2) is 11.2 Å². The van der Waals surface area contributed by atoms with Crippen LogP contribution < -0.4 is 24.7 Å². The maximum absolute atomic E-state index is 12.5. The number of hydrogen-bond acceptors (Lipinski definition) is 7. The summed E-state index contributed by atoms with van der Waals surface area (Å²) in [7, 11) is 4.63. The highest BCUT2D eigenvalue weighted by Crippen LogP contribution is 2.68. The van der Waals surface area contributed by atoms with Crippen LogP contribution in [-0.2, 0) is 11.2 Å². The minimum Gasteiger partial charge on any atom is -0.497 e. The van der Waals surface area contributed by atoms with Gasteiger partial charge in [0.05, 0.1) is 26.9 Å². The predicted octanol–water partition coefficient (Wildman–Crippen LogP) is 2.67. The fourth-order valence-corrected chi connectivity index (χ4v) is 5.55. The van der Waals surface area contributed by atoms with E-state index in [4.69, 9.17) is 24.7 Å². The maximum atomic E-state index is 12.5. The van der Waals surface area contributed by atoms with Crippen LogP contribution in [0.15, 0.2) is 66.7 Å². The van der Waals surface area contributed by atoms with Gasteiger partial charge in [-0.1, -0.05) is 42.5 Å². The van der Waals surface area contributed by atoms with E-state index in [0.717, 1.165) is 5.56 Å². The lowest BCUT2D eigenvalue weighted by Gasteiger charge is -2.40. The molecule has 2 aliphatic rings. The largest absolute Gasteiger partial charge is 0.497 e. The topological polar surface area (TPSA) is 103 Å². The van der Waals surface area contributed by atoms with Gasteiger partial charge in [0.1, 0.15) is 29.1 Å². The van der Waals surface area contributed by atoms with Gasteiger partial charge in [-0.05, 0) is 23.3 Å². The maximum Gasteiger partial charge on any atom is 0.178 e. The molecule has 4 N–H and O–H groups in total.